The zero-order valence-corrected chi connectivity index (χ0v) is 16.8. The summed E-state index contributed by atoms with van der Waals surface area (Å²) in [5.74, 6) is 1.19. The van der Waals surface area contributed by atoms with E-state index in [1.807, 2.05) is 0 Å². The van der Waals surface area contributed by atoms with Crippen molar-refractivity contribution in [3.05, 3.63) is 0 Å². The predicted molar refractivity (Wildman–Crippen MR) is 104 cm³/mol. The van der Waals surface area contributed by atoms with Gasteiger partial charge in [-0.15, -0.1) is 0 Å². The number of hydrogen-bond donors (Lipinski definition) is 0. The zero-order chi connectivity index (χ0) is 17.9. The maximum absolute atomic E-state index is 12.9. The summed E-state index contributed by atoms with van der Waals surface area (Å²) in [4.78, 5) is 20.2. The Morgan fingerprint density at radius 2 is 1.52 bits per heavy atom. The smallest absolute Gasteiger partial charge is 0.237 e. The van der Waals surface area contributed by atoms with E-state index in [4.69, 9.17) is 0 Å². The first-order valence-corrected chi connectivity index (χ1v) is 10.7. The van der Waals surface area contributed by atoms with Gasteiger partial charge in [0.2, 0.25) is 5.91 Å². The van der Waals surface area contributed by atoms with Gasteiger partial charge in [-0.2, -0.15) is 0 Å². The third-order valence-corrected chi connectivity index (χ3v) is 6.57. The lowest BCUT2D eigenvalue weighted by Crippen LogP contribution is -2.54. The fourth-order valence-corrected chi connectivity index (χ4v) is 4.88. The van der Waals surface area contributed by atoms with E-state index in [1.165, 1.54) is 51.5 Å². The maximum Gasteiger partial charge on any atom is 0.237 e. The Balaban J connectivity index is 1.43. The number of hydrogen-bond acceptors (Lipinski definition) is 3. The van der Waals surface area contributed by atoms with Crippen LogP contribution in [0.4, 0.5) is 0 Å². The van der Waals surface area contributed by atoms with Gasteiger partial charge in [0.05, 0.1) is 6.54 Å². The minimum Gasteiger partial charge on any atom is -0.338 e. The van der Waals surface area contributed by atoms with Crippen LogP contribution < -0.4 is 0 Å². The zero-order valence-electron chi connectivity index (χ0n) is 16.8. The molecule has 2 unspecified atom stereocenters. The van der Waals surface area contributed by atoms with Crippen molar-refractivity contribution in [2.75, 3.05) is 45.8 Å². The van der Waals surface area contributed by atoms with Crippen molar-refractivity contribution in [1.82, 2.24) is 14.7 Å². The molecule has 0 bridgehead atoms. The van der Waals surface area contributed by atoms with E-state index in [9.17, 15) is 4.79 Å². The summed E-state index contributed by atoms with van der Waals surface area (Å²) in [6.07, 6.45) is 9.10. The fourth-order valence-electron chi connectivity index (χ4n) is 4.88. The van der Waals surface area contributed by atoms with Gasteiger partial charge in [-0.25, -0.2) is 0 Å². The topological polar surface area (TPSA) is 26.8 Å². The third-order valence-electron chi connectivity index (χ3n) is 6.57. The van der Waals surface area contributed by atoms with Gasteiger partial charge in [-0.1, -0.05) is 33.6 Å². The lowest BCUT2D eigenvalue weighted by atomic mass is 9.78. The molecule has 1 saturated carbocycles. The summed E-state index contributed by atoms with van der Waals surface area (Å²) in [6.45, 7) is 14.2. The molecule has 4 nitrogen and oxygen atoms in total. The molecule has 0 N–H and O–H groups in total. The number of piperazine rings is 1. The molecule has 1 aliphatic carbocycles. The Kier molecular flexibility index (Phi) is 6.43. The van der Waals surface area contributed by atoms with E-state index < -0.39 is 0 Å². The highest BCUT2D eigenvalue weighted by Gasteiger charge is 2.36. The molecule has 3 aliphatic rings. The molecule has 25 heavy (non-hydrogen) atoms. The van der Waals surface area contributed by atoms with Crippen LogP contribution in [0.15, 0.2) is 0 Å². The molecule has 0 spiro atoms. The van der Waals surface area contributed by atoms with Crippen LogP contribution in [0.3, 0.4) is 0 Å². The summed E-state index contributed by atoms with van der Waals surface area (Å²) in [6, 6.07) is 0.558. The normalized spacial score (nSPS) is 29.5. The van der Waals surface area contributed by atoms with Crippen molar-refractivity contribution in [2.24, 2.45) is 11.3 Å². The van der Waals surface area contributed by atoms with Crippen LogP contribution >= 0.6 is 0 Å². The SMILES string of the molecule is CC(C)(C)CCN1CCN(CC(=O)N2CCCC3CCCCC32)CC1. The highest BCUT2D eigenvalue weighted by Crippen LogP contribution is 2.35. The maximum atomic E-state index is 12.9. The average molecular weight is 350 g/mol. The number of piperidine rings is 1. The van der Waals surface area contributed by atoms with Crippen LogP contribution in [-0.4, -0.2) is 72.5 Å². The molecule has 2 saturated heterocycles. The minimum atomic E-state index is 0.403. The van der Waals surface area contributed by atoms with Gasteiger partial charge in [0.25, 0.3) is 0 Å². The molecule has 3 rings (SSSR count). The number of carbonyl (C=O) groups is 1. The minimum absolute atomic E-state index is 0.403. The van der Waals surface area contributed by atoms with Crippen LogP contribution in [-0.2, 0) is 4.79 Å². The first kappa shape index (κ1) is 19.2. The van der Waals surface area contributed by atoms with E-state index in [-0.39, 0.29) is 0 Å². The second kappa shape index (κ2) is 8.39. The first-order valence-electron chi connectivity index (χ1n) is 10.7. The van der Waals surface area contributed by atoms with Crippen molar-refractivity contribution in [2.45, 2.75) is 71.8 Å². The van der Waals surface area contributed by atoms with E-state index in [2.05, 4.69) is 35.5 Å². The van der Waals surface area contributed by atoms with Gasteiger partial charge >= 0.3 is 0 Å². The van der Waals surface area contributed by atoms with E-state index in [1.54, 1.807) is 0 Å². The van der Waals surface area contributed by atoms with Crippen molar-refractivity contribution in [1.29, 1.82) is 0 Å². The van der Waals surface area contributed by atoms with Crippen LogP contribution in [0.25, 0.3) is 0 Å². The molecule has 2 aliphatic heterocycles. The Morgan fingerprint density at radius 1 is 0.880 bits per heavy atom. The van der Waals surface area contributed by atoms with E-state index >= 15 is 0 Å². The largest absolute Gasteiger partial charge is 0.338 e. The van der Waals surface area contributed by atoms with Crippen LogP contribution in [0.5, 0.6) is 0 Å². The third kappa shape index (κ3) is 5.43. The summed E-state index contributed by atoms with van der Waals surface area (Å²) in [5, 5.41) is 0. The van der Waals surface area contributed by atoms with Gasteiger partial charge in [0, 0.05) is 38.8 Å². The summed E-state index contributed by atoms with van der Waals surface area (Å²) in [5.41, 5.74) is 0.415. The predicted octanol–water partition coefficient (Wildman–Crippen LogP) is 3.22. The molecule has 0 radical (unpaired) electrons. The lowest BCUT2D eigenvalue weighted by molar-refractivity contribution is -0.139. The number of nitrogens with zero attached hydrogens (tertiary/aromatic N) is 3. The standard InChI is InChI=1S/C21H39N3O/c1-21(2,3)10-12-22-13-15-23(16-14-22)17-20(25)24-11-6-8-18-7-4-5-9-19(18)24/h18-19H,4-17H2,1-3H3. The molecule has 144 valence electrons. The van der Waals surface area contributed by atoms with Crippen molar-refractivity contribution in [3.8, 4) is 0 Å². The van der Waals surface area contributed by atoms with Gasteiger partial charge in [0.1, 0.15) is 0 Å². The fraction of sp³-hybridized carbons (Fsp3) is 0.952. The molecule has 1 amide bonds. The first-order chi connectivity index (χ1) is 11.9. The molecular weight excluding hydrogens is 310 g/mol. The Bertz CT molecular complexity index is 435. The van der Waals surface area contributed by atoms with Gasteiger partial charge in [-0.05, 0) is 50.0 Å². The van der Waals surface area contributed by atoms with E-state index in [0.717, 1.165) is 38.6 Å². The number of amides is 1. The number of fused-ring (bicyclic) bond motifs is 1. The van der Waals surface area contributed by atoms with Gasteiger partial charge < -0.3 is 9.80 Å². The Labute approximate surface area is 154 Å². The molecule has 4 heteroatoms. The van der Waals surface area contributed by atoms with Crippen LogP contribution in [0, 0.1) is 11.3 Å². The molecule has 0 aromatic carbocycles. The van der Waals surface area contributed by atoms with Crippen molar-refractivity contribution >= 4 is 5.91 Å². The second-order valence-electron chi connectivity index (χ2n) is 9.77. The number of carbonyl (C=O) groups excluding carboxylic acids is 1. The molecule has 3 fully saturated rings. The summed E-state index contributed by atoms with van der Waals surface area (Å²) >= 11 is 0. The van der Waals surface area contributed by atoms with Crippen LogP contribution in [0.2, 0.25) is 0 Å². The summed E-state index contributed by atoms with van der Waals surface area (Å²) in [7, 11) is 0. The molecule has 2 heterocycles. The lowest BCUT2D eigenvalue weighted by Gasteiger charge is -2.45. The van der Waals surface area contributed by atoms with Gasteiger partial charge in [0.15, 0.2) is 0 Å². The Morgan fingerprint density at radius 3 is 2.24 bits per heavy atom. The highest BCUT2D eigenvalue weighted by atomic mass is 16.2. The number of rotatable bonds is 4. The average Bonchev–Trinajstić information content (AvgIpc) is 2.60. The monoisotopic (exact) mass is 349 g/mol. The second-order valence-corrected chi connectivity index (χ2v) is 9.77. The molecule has 0 aromatic rings. The molecule has 2 atom stereocenters. The van der Waals surface area contributed by atoms with Crippen LogP contribution in [0.1, 0.15) is 65.7 Å². The quantitative estimate of drug-likeness (QED) is 0.780. The molecular formula is C21H39N3O. The highest BCUT2D eigenvalue weighted by molar-refractivity contribution is 5.78. The Hall–Kier alpha value is -0.610. The summed E-state index contributed by atoms with van der Waals surface area (Å²) < 4.78 is 0. The van der Waals surface area contributed by atoms with E-state index in [0.29, 0.717) is 23.9 Å². The van der Waals surface area contributed by atoms with Gasteiger partial charge in [-0.3, -0.25) is 9.69 Å². The number of likely N-dealkylation sites (tertiary alicyclic amines) is 1. The van der Waals surface area contributed by atoms with Crippen molar-refractivity contribution < 1.29 is 4.79 Å². The molecule has 0 aromatic heterocycles. The van der Waals surface area contributed by atoms with Crippen molar-refractivity contribution in [3.63, 3.8) is 0 Å².